The number of ether oxygens (including phenoxy) is 2. The number of methoxy groups -OCH3 is 2. The van der Waals surface area contributed by atoms with Crippen molar-refractivity contribution in [2.45, 2.75) is 12.8 Å². The average molecular weight is 395 g/mol. The van der Waals surface area contributed by atoms with Crippen LogP contribution in [0.4, 0.5) is 0 Å². The maximum atomic E-state index is 6.53. The van der Waals surface area contributed by atoms with Gasteiger partial charge in [-0.1, -0.05) is 30.3 Å². The first-order valence-electron chi connectivity index (χ1n) is 10.1. The Hall–Kier alpha value is -3.59. The van der Waals surface area contributed by atoms with E-state index in [0.29, 0.717) is 0 Å². The molecular formula is C27H23O3+. The number of aryl methyl sites for hydroxylation is 1. The Kier molecular flexibility index (Phi) is 4.72. The van der Waals surface area contributed by atoms with Gasteiger partial charge in [0, 0.05) is 5.56 Å². The summed E-state index contributed by atoms with van der Waals surface area (Å²) in [5.74, 6) is 3.50. The van der Waals surface area contributed by atoms with E-state index in [4.69, 9.17) is 13.9 Å². The van der Waals surface area contributed by atoms with Crippen LogP contribution in [0.3, 0.4) is 0 Å². The highest BCUT2D eigenvalue weighted by atomic mass is 16.5. The summed E-state index contributed by atoms with van der Waals surface area (Å²) in [5, 5.41) is 0. The van der Waals surface area contributed by atoms with Gasteiger partial charge in [-0.25, -0.2) is 4.42 Å². The molecule has 0 bridgehead atoms. The molecule has 0 spiro atoms. The molecule has 0 unspecified atom stereocenters. The smallest absolute Gasteiger partial charge is 0.364 e. The van der Waals surface area contributed by atoms with E-state index in [9.17, 15) is 0 Å². The Labute approximate surface area is 176 Å². The van der Waals surface area contributed by atoms with Crippen LogP contribution in [0.25, 0.3) is 33.8 Å². The third-order valence-corrected chi connectivity index (χ3v) is 5.77. The number of benzene rings is 3. The lowest BCUT2D eigenvalue weighted by Crippen LogP contribution is -2.06. The second kappa shape index (κ2) is 7.68. The summed E-state index contributed by atoms with van der Waals surface area (Å²) >= 11 is 0. The molecule has 5 rings (SSSR count). The highest BCUT2D eigenvalue weighted by molar-refractivity contribution is 5.81. The molecule has 3 heteroatoms. The fourth-order valence-electron chi connectivity index (χ4n) is 4.15. The highest BCUT2D eigenvalue weighted by Crippen LogP contribution is 2.42. The third-order valence-electron chi connectivity index (χ3n) is 5.77. The standard InChI is InChI=1S/C27H23O3/c1-28-21-12-7-19(8-13-21)25-17-26(20-9-14-22(29-2)15-10-20)30-27-23-6-4-3-5-18(23)11-16-24(25)27/h3-10,12-15,17H,11,16H2,1-2H3/q+1. The molecule has 0 radical (unpaired) electrons. The summed E-state index contributed by atoms with van der Waals surface area (Å²) in [6.45, 7) is 0. The molecule has 1 aromatic heterocycles. The summed E-state index contributed by atoms with van der Waals surface area (Å²) in [6, 6.07) is 27.0. The zero-order valence-corrected chi connectivity index (χ0v) is 17.1. The molecular weight excluding hydrogens is 372 g/mol. The van der Waals surface area contributed by atoms with Gasteiger partial charge in [0.2, 0.25) is 0 Å². The Bertz CT molecular complexity index is 1190. The summed E-state index contributed by atoms with van der Waals surface area (Å²) in [4.78, 5) is 0. The summed E-state index contributed by atoms with van der Waals surface area (Å²) in [6.07, 6.45) is 1.98. The minimum absolute atomic E-state index is 0.831. The van der Waals surface area contributed by atoms with E-state index in [1.54, 1.807) is 14.2 Å². The Balaban J connectivity index is 1.72. The zero-order chi connectivity index (χ0) is 20.5. The van der Waals surface area contributed by atoms with Gasteiger partial charge < -0.3 is 9.47 Å². The molecule has 0 saturated carbocycles. The Morgan fingerprint density at radius 1 is 0.667 bits per heavy atom. The van der Waals surface area contributed by atoms with Crippen LogP contribution in [0.5, 0.6) is 11.5 Å². The molecule has 1 aliphatic carbocycles. The van der Waals surface area contributed by atoms with Crippen molar-refractivity contribution in [1.82, 2.24) is 0 Å². The molecule has 3 aromatic carbocycles. The Morgan fingerprint density at radius 3 is 1.97 bits per heavy atom. The average Bonchev–Trinajstić information content (AvgIpc) is 2.83. The van der Waals surface area contributed by atoms with Gasteiger partial charge in [-0.05, 0) is 66.4 Å². The van der Waals surface area contributed by atoms with Crippen LogP contribution in [0.15, 0.2) is 83.3 Å². The van der Waals surface area contributed by atoms with Crippen molar-refractivity contribution in [3.63, 3.8) is 0 Å². The lowest BCUT2D eigenvalue weighted by atomic mass is 9.85. The number of hydrogen-bond acceptors (Lipinski definition) is 2. The van der Waals surface area contributed by atoms with E-state index in [-0.39, 0.29) is 0 Å². The van der Waals surface area contributed by atoms with E-state index < -0.39 is 0 Å². The number of hydrogen-bond donors (Lipinski definition) is 0. The summed E-state index contributed by atoms with van der Waals surface area (Å²) < 4.78 is 17.2. The normalized spacial score (nSPS) is 12.1. The molecule has 0 aliphatic heterocycles. The van der Waals surface area contributed by atoms with Crippen molar-refractivity contribution in [1.29, 1.82) is 0 Å². The van der Waals surface area contributed by atoms with Crippen LogP contribution < -0.4 is 9.47 Å². The van der Waals surface area contributed by atoms with Crippen molar-refractivity contribution >= 4 is 0 Å². The SMILES string of the molecule is COc1ccc(-c2cc(-c3ccc(OC)cc3)c3c([o+]2)-c2ccccc2CC3)cc1. The van der Waals surface area contributed by atoms with Gasteiger partial charge in [-0.3, -0.25) is 0 Å². The largest absolute Gasteiger partial charge is 0.497 e. The predicted molar refractivity (Wildman–Crippen MR) is 120 cm³/mol. The summed E-state index contributed by atoms with van der Waals surface area (Å²) in [5.41, 5.74) is 7.17. The van der Waals surface area contributed by atoms with Crippen LogP contribution in [-0.4, -0.2) is 14.2 Å². The number of fused-ring (bicyclic) bond motifs is 3. The van der Waals surface area contributed by atoms with Crippen LogP contribution in [0, 0.1) is 0 Å². The second-order valence-corrected chi connectivity index (χ2v) is 7.45. The fraction of sp³-hybridized carbons (Fsp3) is 0.148. The Morgan fingerprint density at radius 2 is 1.30 bits per heavy atom. The van der Waals surface area contributed by atoms with Crippen molar-refractivity contribution < 1.29 is 13.9 Å². The maximum absolute atomic E-state index is 6.53. The zero-order valence-electron chi connectivity index (χ0n) is 17.1. The molecule has 0 amide bonds. The van der Waals surface area contributed by atoms with E-state index in [2.05, 4.69) is 42.5 Å². The highest BCUT2D eigenvalue weighted by Gasteiger charge is 2.31. The topological polar surface area (TPSA) is 29.8 Å². The maximum Gasteiger partial charge on any atom is 0.364 e. The molecule has 30 heavy (non-hydrogen) atoms. The van der Waals surface area contributed by atoms with Gasteiger partial charge in [0.05, 0.1) is 37.0 Å². The monoisotopic (exact) mass is 395 g/mol. The molecule has 0 N–H and O–H groups in total. The van der Waals surface area contributed by atoms with E-state index in [0.717, 1.165) is 47.0 Å². The molecule has 148 valence electrons. The van der Waals surface area contributed by atoms with Crippen molar-refractivity contribution in [2.75, 3.05) is 14.2 Å². The molecule has 0 saturated heterocycles. The molecule has 1 aliphatic rings. The minimum atomic E-state index is 0.831. The van der Waals surface area contributed by atoms with Crippen LogP contribution in [0.1, 0.15) is 11.1 Å². The molecule has 0 atom stereocenters. The van der Waals surface area contributed by atoms with Crippen molar-refractivity contribution in [3.05, 3.63) is 90.0 Å². The van der Waals surface area contributed by atoms with Gasteiger partial charge in [-0.2, -0.15) is 0 Å². The number of rotatable bonds is 4. The first-order valence-corrected chi connectivity index (χ1v) is 10.1. The third kappa shape index (κ3) is 3.22. The molecule has 4 aromatic rings. The van der Waals surface area contributed by atoms with E-state index in [1.807, 2.05) is 36.4 Å². The van der Waals surface area contributed by atoms with Gasteiger partial charge in [0.15, 0.2) is 0 Å². The van der Waals surface area contributed by atoms with Crippen molar-refractivity contribution in [2.24, 2.45) is 0 Å². The van der Waals surface area contributed by atoms with Crippen LogP contribution in [0.2, 0.25) is 0 Å². The lowest BCUT2D eigenvalue weighted by molar-refractivity contribution is 0.414. The molecule has 0 fully saturated rings. The fourth-order valence-corrected chi connectivity index (χ4v) is 4.15. The second-order valence-electron chi connectivity index (χ2n) is 7.45. The van der Waals surface area contributed by atoms with Crippen LogP contribution >= 0.6 is 0 Å². The van der Waals surface area contributed by atoms with Crippen LogP contribution in [-0.2, 0) is 12.8 Å². The lowest BCUT2D eigenvalue weighted by Gasteiger charge is -2.16. The van der Waals surface area contributed by atoms with Gasteiger partial charge in [0.1, 0.15) is 11.5 Å². The molecule has 3 nitrogen and oxygen atoms in total. The summed E-state index contributed by atoms with van der Waals surface area (Å²) in [7, 11) is 3.37. The first kappa shape index (κ1) is 18.4. The minimum Gasteiger partial charge on any atom is -0.497 e. The first-order chi connectivity index (χ1) is 14.8. The molecule has 1 heterocycles. The predicted octanol–water partition coefficient (Wildman–Crippen LogP) is 6.68. The van der Waals surface area contributed by atoms with Gasteiger partial charge in [-0.15, -0.1) is 0 Å². The van der Waals surface area contributed by atoms with E-state index >= 15 is 0 Å². The quantitative estimate of drug-likeness (QED) is 0.361. The van der Waals surface area contributed by atoms with E-state index in [1.165, 1.54) is 22.3 Å². The van der Waals surface area contributed by atoms with Crippen molar-refractivity contribution in [3.8, 4) is 45.3 Å². The van der Waals surface area contributed by atoms with Gasteiger partial charge in [0.25, 0.3) is 0 Å². The van der Waals surface area contributed by atoms with Gasteiger partial charge >= 0.3 is 11.5 Å².